The molecule has 2 N–H and O–H groups in total. The van der Waals surface area contributed by atoms with Gasteiger partial charge in [-0.15, -0.1) is 0 Å². The van der Waals surface area contributed by atoms with Gasteiger partial charge in [0.15, 0.2) is 5.76 Å². The third-order valence-corrected chi connectivity index (χ3v) is 4.27. The number of benzene rings is 1. The van der Waals surface area contributed by atoms with Crippen LogP contribution in [-0.4, -0.2) is 30.4 Å². The molecular weight excluding hydrogens is 348 g/mol. The Kier molecular flexibility index (Phi) is 6.39. The van der Waals surface area contributed by atoms with E-state index in [4.69, 9.17) is 9.15 Å². The molecule has 1 aromatic heterocycles. The van der Waals surface area contributed by atoms with Gasteiger partial charge < -0.3 is 19.8 Å². The topological polar surface area (TPSA) is 97.6 Å². The Morgan fingerprint density at radius 1 is 1.19 bits per heavy atom. The second kappa shape index (κ2) is 8.53. The van der Waals surface area contributed by atoms with E-state index in [1.807, 2.05) is 13.8 Å². The monoisotopic (exact) mass is 372 g/mol. The van der Waals surface area contributed by atoms with Gasteiger partial charge in [0.25, 0.3) is 11.8 Å². The highest BCUT2D eigenvalue weighted by Crippen LogP contribution is 2.20. The van der Waals surface area contributed by atoms with Crippen molar-refractivity contribution in [1.82, 2.24) is 5.32 Å². The van der Waals surface area contributed by atoms with Gasteiger partial charge in [0.2, 0.25) is 0 Å². The number of hydrogen-bond donors (Lipinski definition) is 2. The number of anilines is 1. The van der Waals surface area contributed by atoms with Crippen molar-refractivity contribution in [3.05, 3.63) is 53.5 Å². The van der Waals surface area contributed by atoms with Crippen LogP contribution in [0, 0.1) is 6.92 Å². The maximum Gasteiger partial charge on any atom is 0.331 e. The van der Waals surface area contributed by atoms with Crippen molar-refractivity contribution < 1.29 is 23.5 Å². The molecule has 144 valence electrons. The number of amides is 2. The van der Waals surface area contributed by atoms with Crippen LogP contribution in [0.1, 0.15) is 53.2 Å². The molecule has 1 atom stereocenters. The summed E-state index contributed by atoms with van der Waals surface area (Å²) in [6, 6.07) is 8.09. The summed E-state index contributed by atoms with van der Waals surface area (Å²) < 4.78 is 9.89. The van der Waals surface area contributed by atoms with Gasteiger partial charge in [0, 0.05) is 11.3 Å². The second-order valence-electron chi connectivity index (χ2n) is 6.49. The summed E-state index contributed by atoms with van der Waals surface area (Å²) in [7, 11) is 1.29. The summed E-state index contributed by atoms with van der Waals surface area (Å²) in [4.78, 5) is 37.0. The zero-order valence-electron chi connectivity index (χ0n) is 15.9. The normalized spacial score (nSPS) is 12.7. The zero-order chi connectivity index (χ0) is 20.0. The number of aryl methyl sites for hydroxylation is 1. The van der Waals surface area contributed by atoms with Crippen LogP contribution in [0.15, 0.2) is 41.0 Å². The largest absolute Gasteiger partial charge is 0.467 e. The number of hydrogen-bond acceptors (Lipinski definition) is 5. The van der Waals surface area contributed by atoms with E-state index in [-0.39, 0.29) is 5.76 Å². The van der Waals surface area contributed by atoms with Crippen molar-refractivity contribution in [2.45, 2.75) is 39.2 Å². The van der Waals surface area contributed by atoms with Crippen LogP contribution >= 0.6 is 0 Å². The maximum absolute atomic E-state index is 12.7. The third-order valence-electron chi connectivity index (χ3n) is 4.27. The van der Waals surface area contributed by atoms with Crippen molar-refractivity contribution in [2.75, 3.05) is 12.4 Å². The molecule has 0 aliphatic rings. The molecular formula is C20H24N2O5. The lowest BCUT2D eigenvalue weighted by molar-refractivity contribution is -0.147. The SMILES string of the molecule is CCCC(C)(NC(=O)c1ccc(C)c(NC(=O)c2ccco2)c1)C(=O)OC. The van der Waals surface area contributed by atoms with Gasteiger partial charge in [-0.2, -0.15) is 0 Å². The van der Waals surface area contributed by atoms with E-state index in [0.29, 0.717) is 24.1 Å². The first kappa shape index (κ1) is 20.2. The van der Waals surface area contributed by atoms with Gasteiger partial charge in [-0.3, -0.25) is 9.59 Å². The number of methoxy groups -OCH3 is 1. The molecule has 0 aliphatic heterocycles. The van der Waals surface area contributed by atoms with Gasteiger partial charge >= 0.3 is 5.97 Å². The highest BCUT2D eigenvalue weighted by molar-refractivity contribution is 6.04. The lowest BCUT2D eigenvalue weighted by atomic mass is 9.95. The summed E-state index contributed by atoms with van der Waals surface area (Å²) in [5, 5.41) is 5.47. The highest BCUT2D eigenvalue weighted by atomic mass is 16.5. The first-order chi connectivity index (χ1) is 12.8. The van der Waals surface area contributed by atoms with Crippen molar-refractivity contribution in [1.29, 1.82) is 0 Å². The van der Waals surface area contributed by atoms with Crippen molar-refractivity contribution in [2.24, 2.45) is 0 Å². The van der Waals surface area contributed by atoms with Crippen LogP contribution in [0.25, 0.3) is 0 Å². The fraction of sp³-hybridized carbons (Fsp3) is 0.350. The number of nitrogens with one attached hydrogen (secondary N) is 2. The van der Waals surface area contributed by atoms with Gasteiger partial charge in [-0.1, -0.05) is 19.4 Å². The van der Waals surface area contributed by atoms with Crippen LogP contribution in [-0.2, 0) is 9.53 Å². The Balaban J connectivity index is 2.22. The number of ether oxygens (including phenoxy) is 1. The van der Waals surface area contributed by atoms with E-state index in [1.54, 1.807) is 37.3 Å². The molecule has 1 unspecified atom stereocenters. The van der Waals surface area contributed by atoms with Crippen molar-refractivity contribution in [3.63, 3.8) is 0 Å². The van der Waals surface area contributed by atoms with Gasteiger partial charge in [-0.05, 0) is 50.1 Å². The molecule has 7 heteroatoms. The van der Waals surface area contributed by atoms with Crippen molar-refractivity contribution >= 4 is 23.5 Å². The van der Waals surface area contributed by atoms with Gasteiger partial charge in [-0.25, -0.2) is 4.79 Å². The number of esters is 1. The summed E-state index contributed by atoms with van der Waals surface area (Å²) in [6.45, 7) is 5.37. The Morgan fingerprint density at radius 2 is 1.93 bits per heavy atom. The third kappa shape index (κ3) is 4.75. The minimum atomic E-state index is -1.12. The minimum Gasteiger partial charge on any atom is -0.467 e. The molecule has 1 heterocycles. The predicted octanol–water partition coefficient (Wildman–Crippen LogP) is 3.30. The molecule has 0 bridgehead atoms. The summed E-state index contributed by atoms with van der Waals surface area (Å²) in [6.07, 6.45) is 2.55. The predicted molar refractivity (Wildman–Crippen MR) is 101 cm³/mol. The van der Waals surface area contributed by atoms with E-state index in [2.05, 4.69) is 10.6 Å². The van der Waals surface area contributed by atoms with Crippen LogP contribution in [0.5, 0.6) is 0 Å². The molecule has 0 saturated carbocycles. The minimum absolute atomic E-state index is 0.172. The standard InChI is InChI=1S/C20H24N2O5/c1-5-10-20(3,19(25)26-4)22-17(23)14-9-8-13(2)15(12-14)21-18(24)16-7-6-11-27-16/h6-9,11-12H,5,10H2,1-4H3,(H,21,24)(H,22,23). The van der Waals surface area contributed by atoms with E-state index in [0.717, 1.165) is 5.56 Å². The fourth-order valence-corrected chi connectivity index (χ4v) is 2.75. The molecule has 0 saturated heterocycles. The number of carbonyl (C=O) groups is 3. The molecule has 1 aromatic carbocycles. The average Bonchev–Trinajstić information content (AvgIpc) is 3.17. The van der Waals surface area contributed by atoms with Crippen LogP contribution in [0.3, 0.4) is 0 Å². The molecule has 27 heavy (non-hydrogen) atoms. The Labute approximate surface area is 158 Å². The molecule has 7 nitrogen and oxygen atoms in total. The van der Waals surface area contributed by atoms with E-state index in [9.17, 15) is 14.4 Å². The first-order valence-corrected chi connectivity index (χ1v) is 8.67. The number of rotatable bonds is 7. The lowest BCUT2D eigenvalue weighted by Crippen LogP contribution is -2.52. The fourth-order valence-electron chi connectivity index (χ4n) is 2.75. The lowest BCUT2D eigenvalue weighted by Gasteiger charge is -2.27. The number of carbonyl (C=O) groups excluding carboxylic acids is 3. The second-order valence-corrected chi connectivity index (χ2v) is 6.49. The smallest absolute Gasteiger partial charge is 0.331 e. The zero-order valence-corrected chi connectivity index (χ0v) is 15.9. The quantitative estimate of drug-likeness (QED) is 0.727. The first-order valence-electron chi connectivity index (χ1n) is 8.67. The molecule has 2 rings (SSSR count). The maximum atomic E-state index is 12.7. The Bertz CT molecular complexity index is 829. The van der Waals surface area contributed by atoms with Crippen molar-refractivity contribution in [3.8, 4) is 0 Å². The molecule has 0 fully saturated rings. The molecule has 2 aromatic rings. The van der Waals surface area contributed by atoms with E-state index < -0.39 is 23.3 Å². The van der Waals surface area contributed by atoms with Crippen LogP contribution in [0.4, 0.5) is 5.69 Å². The van der Waals surface area contributed by atoms with Gasteiger partial charge in [0.05, 0.1) is 13.4 Å². The number of furan rings is 1. The Hall–Kier alpha value is -3.09. The van der Waals surface area contributed by atoms with E-state index in [1.165, 1.54) is 13.4 Å². The Morgan fingerprint density at radius 3 is 2.52 bits per heavy atom. The van der Waals surface area contributed by atoms with Crippen LogP contribution in [0.2, 0.25) is 0 Å². The van der Waals surface area contributed by atoms with Crippen LogP contribution < -0.4 is 10.6 Å². The average molecular weight is 372 g/mol. The molecule has 0 radical (unpaired) electrons. The molecule has 0 spiro atoms. The van der Waals surface area contributed by atoms with Gasteiger partial charge in [0.1, 0.15) is 5.54 Å². The molecule has 0 aliphatic carbocycles. The summed E-state index contributed by atoms with van der Waals surface area (Å²) in [5.74, 6) is -1.17. The highest BCUT2D eigenvalue weighted by Gasteiger charge is 2.35. The van der Waals surface area contributed by atoms with E-state index >= 15 is 0 Å². The summed E-state index contributed by atoms with van der Waals surface area (Å²) >= 11 is 0. The molecule has 2 amide bonds. The summed E-state index contributed by atoms with van der Waals surface area (Å²) in [5.41, 5.74) is 0.472.